The number of ether oxygens (including phenoxy) is 1. The van der Waals surface area contributed by atoms with Crippen LogP contribution in [-0.4, -0.2) is 32.8 Å². The SMILES string of the molecule is COC(=O)c1cccc(S(=O)(=O)N(C)Cc2ccoc2C)c1. The van der Waals surface area contributed by atoms with Gasteiger partial charge in [-0.25, -0.2) is 13.2 Å². The first-order chi connectivity index (χ1) is 10.4. The van der Waals surface area contributed by atoms with Gasteiger partial charge in [-0.1, -0.05) is 6.07 Å². The van der Waals surface area contributed by atoms with Crippen molar-refractivity contribution in [1.82, 2.24) is 4.31 Å². The van der Waals surface area contributed by atoms with Crippen LogP contribution in [-0.2, 0) is 21.3 Å². The zero-order chi connectivity index (χ0) is 16.3. The van der Waals surface area contributed by atoms with Crippen LogP contribution in [0.25, 0.3) is 0 Å². The largest absolute Gasteiger partial charge is 0.469 e. The molecule has 0 N–H and O–H groups in total. The summed E-state index contributed by atoms with van der Waals surface area (Å²) in [6.07, 6.45) is 1.52. The van der Waals surface area contributed by atoms with Crippen LogP contribution in [0.5, 0.6) is 0 Å². The van der Waals surface area contributed by atoms with E-state index in [4.69, 9.17) is 4.42 Å². The lowest BCUT2D eigenvalue weighted by Crippen LogP contribution is -2.26. The van der Waals surface area contributed by atoms with Gasteiger partial charge in [0.05, 0.1) is 23.8 Å². The number of benzene rings is 1. The van der Waals surface area contributed by atoms with Gasteiger partial charge in [0.15, 0.2) is 0 Å². The van der Waals surface area contributed by atoms with Crippen LogP contribution in [0.15, 0.2) is 45.9 Å². The zero-order valence-electron chi connectivity index (χ0n) is 12.6. The molecule has 0 atom stereocenters. The molecule has 0 unspecified atom stereocenters. The van der Waals surface area contributed by atoms with Crippen LogP contribution in [0.2, 0.25) is 0 Å². The standard InChI is InChI=1S/C15H17NO5S/c1-11-13(7-8-21-11)10-16(2)22(18,19)14-6-4-5-12(9-14)15(17)20-3/h4-9H,10H2,1-3H3. The Kier molecular flexibility index (Phi) is 4.68. The molecule has 0 amide bonds. The summed E-state index contributed by atoms with van der Waals surface area (Å²) in [5.74, 6) is 0.0933. The third-order valence-corrected chi connectivity index (χ3v) is 5.12. The van der Waals surface area contributed by atoms with Gasteiger partial charge in [0.25, 0.3) is 0 Å². The van der Waals surface area contributed by atoms with Crippen molar-refractivity contribution < 1.29 is 22.4 Å². The molecule has 6 nitrogen and oxygen atoms in total. The Hall–Kier alpha value is -2.12. The van der Waals surface area contributed by atoms with Crippen molar-refractivity contribution in [2.75, 3.05) is 14.2 Å². The molecular formula is C15H17NO5S. The second-order valence-corrected chi connectivity index (χ2v) is 6.83. The Balaban J connectivity index is 2.30. The summed E-state index contributed by atoms with van der Waals surface area (Å²) in [5.41, 5.74) is 0.978. The number of sulfonamides is 1. The molecule has 0 saturated heterocycles. The smallest absolute Gasteiger partial charge is 0.337 e. The van der Waals surface area contributed by atoms with Gasteiger partial charge in [-0.2, -0.15) is 4.31 Å². The molecule has 7 heteroatoms. The molecule has 1 aromatic heterocycles. The summed E-state index contributed by atoms with van der Waals surface area (Å²) in [6.45, 7) is 1.96. The zero-order valence-corrected chi connectivity index (χ0v) is 13.4. The molecule has 0 saturated carbocycles. The highest BCUT2D eigenvalue weighted by molar-refractivity contribution is 7.89. The molecule has 1 heterocycles. The predicted octanol–water partition coefficient (Wildman–Crippen LogP) is 2.20. The molecule has 0 aliphatic carbocycles. The molecule has 0 spiro atoms. The maximum Gasteiger partial charge on any atom is 0.337 e. The molecule has 2 aromatic rings. The number of hydrogen-bond donors (Lipinski definition) is 0. The van der Waals surface area contributed by atoms with Crippen molar-refractivity contribution in [3.63, 3.8) is 0 Å². The highest BCUT2D eigenvalue weighted by Gasteiger charge is 2.23. The molecule has 0 radical (unpaired) electrons. The topological polar surface area (TPSA) is 76.8 Å². The number of hydrogen-bond acceptors (Lipinski definition) is 5. The summed E-state index contributed by atoms with van der Waals surface area (Å²) in [5, 5.41) is 0. The van der Waals surface area contributed by atoms with Crippen molar-refractivity contribution in [3.8, 4) is 0 Å². The minimum atomic E-state index is -3.71. The van der Waals surface area contributed by atoms with Crippen LogP contribution < -0.4 is 0 Å². The van der Waals surface area contributed by atoms with Crippen LogP contribution >= 0.6 is 0 Å². The Morgan fingerprint density at radius 2 is 2.05 bits per heavy atom. The number of carbonyl (C=O) groups is 1. The average molecular weight is 323 g/mol. The van der Waals surface area contributed by atoms with E-state index < -0.39 is 16.0 Å². The predicted molar refractivity (Wildman–Crippen MR) is 79.9 cm³/mol. The van der Waals surface area contributed by atoms with E-state index in [0.29, 0.717) is 5.76 Å². The van der Waals surface area contributed by atoms with E-state index in [-0.39, 0.29) is 17.0 Å². The van der Waals surface area contributed by atoms with Crippen LogP contribution in [0.1, 0.15) is 21.7 Å². The first kappa shape index (κ1) is 16.3. The first-order valence-electron chi connectivity index (χ1n) is 6.54. The molecule has 0 aliphatic heterocycles. The summed E-state index contributed by atoms with van der Waals surface area (Å²) in [7, 11) is -0.986. The van der Waals surface area contributed by atoms with E-state index in [1.807, 2.05) is 0 Å². The number of furan rings is 1. The van der Waals surface area contributed by atoms with Crippen molar-refractivity contribution in [3.05, 3.63) is 53.5 Å². The second-order valence-electron chi connectivity index (χ2n) is 4.78. The van der Waals surface area contributed by atoms with Crippen LogP contribution in [0, 0.1) is 6.92 Å². The Morgan fingerprint density at radius 1 is 1.32 bits per heavy atom. The lowest BCUT2D eigenvalue weighted by Gasteiger charge is -2.17. The van der Waals surface area contributed by atoms with Crippen molar-refractivity contribution >= 4 is 16.0 Å². The summed E-state index contributed by atoms with van der Waals surface area (Å²) in [6, 6.07) is 7.49. The Bertz CT molecular complexity index is 779. The highest BCUT2D eigenvalue weighted by atomic mass is 32.2. The molecule has 118 valence electrons. The fraction of sp³-hybridized carbons (Fsp3) is 0.267. The van der Waals surface area contributed by atoms with Gasteiger partial charge in [-0.05, 0) is 31.2 Å². The maximum absolute atomic E-state index is 12.6. The van der Waals surface area contributed by atoms with E-state index >= 15 is 0 Å². The summed E-state index contributed by atoms with van der Waals surface area (Å²) >= 11 is 0. The number of methoxy groups -OCH3 is 1. The van der Waals surface area contributed by atoms with Crippen molar-refractivity contribution in [2.45, 2.75) is 18.4 Å². The third-order valence-electron chi connectivity index (χ3n) is 3.32. The van der Waals surface area contributed by atoms with Gasteiger partial charge in [-0.3, -0.25) is 0 Å². The molecule has 0 bridgehead atoms. The maximum atomic E-state index is 12.6. The van der Waals surface area contributed by atoms with Gasteiger partial charge in [0.2, 0.25) is 10.0 Å². The quantitative estimate of drug-likeness (QED) is 0.788. The van der Waals surface area contributed by atoms with Gasteiger partial charge in [-0.15, -0.1) is 0 Å². The van der Waals surface area contributed by atoms with Gasteiger partial charge in [0.1, 0.15) is 5.76 Å². The molecule has 0 aliphatic rings. The van der Waals surface area contributed by atoms with Gasteiger partial charge < -0.3 is 9.15 Å². The number of rotatable bonds is 5. The number of carbonyl (C=O) groups excluding carboxylic acids is 1. The number of esters is 1. The Labute approximate surface area is 129 Å². The Morgan fingerprint density at radius 3 is 2.64 bits per heavy atom. The number of aryl methyl sites for hydroxylation is 1. The van der Waals surface area contributed by atoms with E-state index in [1.165, 1.54) is 49.0 Å². The van der Waals surface area contributed by atoms with Gasteiger partial charge >= 0.3 is 5.97 Å². The van der Waals surface area contributed by atoms with Gasteiger partial charge in [0, 0.05) is 19.2 Å². The van der Waals surface area contributed by atoms with Crippen LogP contribution in [0.4, 0.5) is 0 Å². The minimum Gasteiger partial charge on any atom is -0.469 e. The second kappa shape index (κ2) is 6.33. The van der Waals surface area contributed by atoms with E-state index in [9.17, 15) is 13.2 Å². The van der Waals surface area contributed by atoms with Crippen LogP contribution in [0.3, 0.4) is 0 Å². The van der Waals surface area contributed by atoms with Crippen molar-refractivity contribution in [2.24, 2.45) is 0 Å². The normalized spacial score (nSPS) is 11.6. The van der Waals surface area contributed by atoms with E-state index in [2.05, 4.69) is 4.74 Å². The molecule has 22 heavy (non-hydrogen) atoms. The van der Waals surface area contributed by atoms with Crippen molar-refractivity contribution in [1.29, 1.82) is 0 Å². The van der Waals surface area contributed by atoms with E-state index in [0.717, 1.165) is 5.56 Å². The fourth-order valence-electron chi connectivity index (χ4n) is 1.98. The summed E-state index contributed by atoms with van der Waals surface area (Å²) in [4.78, 5) is 11.6. The lowest BCUT2D eigenvalue weighted by atomic mass is 10.2. The molecule has 1 aromatic carbocycles. The highest BCUT2D eigenvalue weighted by Crippen LogP contribution is 2.20. The minimum absolute atomic E-state index is 0.0408. The average Bonchev–Trinajstić information content (AvgIpc) is 2.91. The molecular weight excluding hydrogens is 306 g/mol. The van der Waals surface area contributed by atoms with E-state index in [1.54, 1.807) is 13.0 Å². The monoisotopic (exact) mass is 323 g/mol. The fourth-order valence-corrected chi connectivity index (χ4v) is 3.18. The molecule has 0 fully saturated rings. The lowest BCUT2D eigenvalue weighted by molar-refractivity contribution is 0.0600. The third kappa shape index (κ3) is 3.20. The number of nitrogens with zero attached hydrogens (tertiary/aromatic N) is 1. The first-order valence-corrected chi connectivity index (χ1v) is 7.98. The molecule has 2 rings (SSSR count). The summed E-state index contributed by atoms with van der Waals surface area (Å²) < 4.78 is 36.1.